The number of carbonyl (C=O) groups is 3. The summed E-state index contributed by atoms with van der Waals surface area (Å²) in [5.74, 6) is -0.166. The Morgan fingerprint density at radius 3 is 2.27 bits per heavy atom. The van der Waals surface area contributed by atoms with Crippen molar-refractivity contribution in [1.82, 2.24) is 10.2 Å². The first-order valence-corrected chi connectivity index (χ1v) is 7.64. The number of likely N-dealkylation sites (tertiary alicyclic amines) is 1. The van der Waals surface area contributed by atoms with Gasteiger partial charge in [0.15, 0.2) is 5.78 Å². The molecule has 5 nitrogen and oxygen atoms in total. The number of hydrogen-bond donors (Lipinski definition) is 1. The Labute approximate surface area is 130 Å². The van der Waals surface area contributed by atoms with Crippen molar-refractivity contribution in [3.63, 3.8) is 0 Å². The molecule has 1 aliphatic rings. The largest absolute Gasteiger partial charge is 0.345 e. The zero-order valence-corrected chi connectivity index (χ0v) is 13.0. The van der Waals surface area contributed by atoms with Crippen LogP contribution >= 0.6 is 0 Å². The first kappa shape index (κ1) is 16.2. The first-order valence-electron chi connectivity index (χ1n) is 7.64. The van der Waals surface area contributed by atoms with Crippen molar-refractivity contribution >= 4 is 17.6 Å². The summed E-state index contributed by atoms with van der Waals surface area (Å²) in [7, 11) is 0. The predicted molar refractivity (Wildman–Crippen MR) is 83.4 cm³/mol. The number of piperidine rings is 1. The number of Topliss-reactive ketones (excluding diaryl/α,β-unsaturated/α-hetero) is 1. The number of nitrogens with one attached hydrogen (secondary N) is 1. The summed E-state index contributed by atoms with van der Waals surface area (Å²) < 4.78 is 0. The number of hydrogen-bond acceptors (Lipinski definition) is 3. The van der Waals surface area contributed by atoms with Gasteiger partial charge in [-0.2, -0.15) is 0 Å². The molecule has 2 amide bonds. The van der Waals surface area contributed by atoms with Gasteiger partial charge < -0.3 is 10.2 Å². The summed E-state index contributed by atoms with van der Waals surface area (Å²) in [6, 6.07) is 8.76. The van der Waals surface area contributed by atoms with Crippen LogP contribution in [-0.4, -0.2) is 41.6 Å². The van der Waals surface area contributed by atoms with E-state index in [1.807, 2.05) is 30.3 Å². The van der Waals surface area contributed by atoms with Gasteiger partial charge in [-0.25, -0.2) is 0 Å². The highest BCUT2D eigenvalue weighted by Crippen LogP contribution is 2.22. The van der Waals surface area contributed by atoms with Gasteiger partial charge in [-0.3, -0.25) is 14.4 Å². The van der Waals surface area contributed by atoms with Crippen molar-refractivity contribution in [1.29, 1.82) is 0 Å². The Hall–Kier alpha value is -2.17. The van der Waals surface area contributed by atoms with E-state index in [2.05, 4.69) is 5.32 Å². The highest BCUT2D eigenvalue weighted by Gasteiger charge is 2.29. The third-order valence-corrected chi connectivity index (χ3v) is 4.03. The van der Waals surface area contributed by atoms with Gasteiger partial charge >= 0.3 is 0 Å². The van der Waals surface area contributed by atoms with Crippen LogP contribution in [0.5, 0.6) is 0 Å². The third-order valence-electron chi connectivity index (χ3n) is 4.03. The highest BCUT2D eigenvalue weighted by molar-refractivity contribution is 5.98. The summed E-state index contributed by atoms with van der Waals surface area (Å²) in [5.41, 5.74) is 0.735. The van der Waals surface area contributed by atoms with Gasteiger partial charge in [-0.05, 0) is 19.8 Å². The van der Waals surface area contributed by atoms with E-state index in [1.54, 1.807) is 11.8 Å². The van der Waals surface area contributed by atoms with Gasteiger partial charge in [0.05, 0.1) is 0 Å². The lowest BCUT2D eigenvalue weighted by Crippen LogP contribution is -2.49. The molecule has 2 rings (SSSR count). The normalized spacial score (nSPS) is 16.9. The van der Waals surface area contributed by atoms with E-state index in [-0.39, 0.29) is 23.5 Å². The first-order chi connectivity index (χ1) is 10.5. The molecule has 0 aromatic heterocycles. The van der Waals surface area contributed by atoms with Crippen molar-refractivity contribution in [3.05, 3.63) is 35.9 Å². The van der Waals surface area contributed by atoms with Crippen LogP contribution in [0.1, 0.15) is 37.0 Å². The minimum Gasteiger partial charge on any atom is -0.345 e. The zero-order chi connectivity index (χ0) is 16.1. The Balaban J connectivity index is 1.89. The van der Waals surface area contributed by atoms with Gasteiger partial charge in [-0.1, -0.05) is 30.3 Å². The maximum Gasteiger partial charge on any atom is 0.244 e. The quantitative estimate of drug-likeness (QED) is 0.860. The second-order valence-electron chi connectivity index (χ2n) is 5.75. The van der Waals surface area contributed by atoms with Crippen LogP contribution in [-0.2, 0) is 9.59 Å². The van der Waals surface area contributed by atoms with Crippen molar-refractivity contribution in [2.45, 2.75) is 32.7 Å². The summed E-state index contributed by atoms with van der Waals surface area (Å²) in [4.78, 5) is 37.3. The molecule has 1 aromatic carbocycles. The number of rotatable bonds is 4. The fourth-order valence-electron chi connectivity index (χ4n) is 2.84. The fraction of sp³-hybridized carbons (Fsp3) is 0.471. The molecule has 5 heteroatoms. The van der Waals surface area contributed by atoms with Crippen LogP contribution in [0.4, 0.5) is 0 Å². The van der Waals surface area contributed by atoms with Crippen molar-refractivity contribution in [2.75, 3.05) is 13.1 Å². The molecule has 1 heterocycles. The van der Waals surface area contributed by atoms with Crippen molar-refractivity contribution < 1.29 is 14.4 Å². The van der Waals surface area contributed by atoms with Crippen LogP contribution in [0, 0.1) is 5.92 Å². The average molecular weight is 302 g/mol. The van der Waals surface area contributed by atoms with Gasteiger partial charge in [0, 0.05) is 31.5 Å². The van der Waals surface area contributed by atoms with Crippen LogP contribution < -0.4 is 5.32 Å². The van der Waals surface area contributed by atoms with Gasteiger partial charge in [0.2, 0.25) is 11.8 Å². The number of amides is 2. The van der Waals surface area contributed by atoms with Gasteiger partial charge in [-0.15, -0.1) is 0 Å². The second-order valence-corrected chi connectivity index (χ2v) is 5.75. The molecule has 1 N–H and O–H groups in total. The molecule has 0 spiro atoms. The lowest BCUT2D eigenvalue weighted by atomic mass is 9.88. The molecule has 1 aromatic rings. The highest BCUT2D eigenvalue weighted by atomic mass is 16.2. The van der Waals surface area contributed by atoms with E-state index in [4.69, 9.17) is 0 Å². The maximum absolute atomic E-state index is 12.4. The van der Waals surface area contributed by atoms with Gasteiger partial charge in [0.25, 0.3) is 0 Å². The molecule has 0 saturated carbocycles. The Morgan fingerprint density at radius 2 is 1.73 bits per heavy atom. The minimum absolute atomic E-state index is 0.0254. The van der Waals surface area contributed by atoms with E-state index >= 15 is 0 Å². The molecule has 1 fully saturated rings. The molecule has 1 unspecified atom stereocenters. The lowest BCUT2D eigenvalue weighted by molar-refractivity contribution is -0.136. The van der Waals surface area contributed by atoms with Crippen LogP contribution in [0.2, 0.25) is 0 Å². The molecule has 1 atom stereocenters. The summed E-state index contributed by atoms with van der Waals surface area (Å²) in [6.07, 6.45) is 1.35. The van der Waals surface area contributed by atoms with E-state index in [0.29, 0.717) is 25.9 Å². The van der Waals surface area contributed by atoms with E-state index in [1.165, 1.54) is 6.92 Å². The fourth-order valence-corrected chi connectivity index (χ4v) is 2.84. The van der Waals surface area contributed by atoms with Crippen LogP contribution in [0.15, 0.2) is 30.3 Å². The smallest absolute Gasteiger partial charge is 0.244 e. The Kier molecular flexibility index (Phi) is 5.31. The third kappa shape index (κ3) is 3.93. The molecule has 0 aliphatic carbocycles. The molecule has 0 radical (unpaired) electrons. The van der Waals surface area contributed by atoms with Gasteiger partial charge in [0.1, 0.15) is 6.04 Å². The molecule has 1 aliphatic heterocycles. The molecule has 0 bridgehead atoms. The molecule has 22 heavy (non-hydrogen) atoms. The maximum atomic E-state index is 12.4. The van der Waals surface area contributed by atoms with E-state index < -0.39 is 6.04 Å². The molecule has 1 saturated heterocycles. The monoisotopic (exact) mass is 302 g/mol. The number of ketones is 1. The number of carbonyl (C=O) groups excluding carboxylic acids is 3. The molecular weight excluding hydrogens is 280 g/mol. The van der Waals surface area contributed by atoms with E-state index in [9.17, 15) is 14.4 Å². The number of benzene rings is 1. The Bertz CT molecular complexity index is 548. The van der Waals surface area contributed by atoms with Crippen molar-refractivity contribution in [3.8, 4) is 0 Å². The predicted octanol–water partition coefficient (Wildman–Crippen LogP) is 1.63. The SMILES string of the molecule is CC(=O)NC(C)C(=O)N1CCC(C(=O)c2ccccc2)CC1. The van der Waals surface area contributed by atoms with E-state index in [0.717, 1.165) is 5.56 Å². The summed E-state index contributed by atoms with van der Waals surface area (Å²) in [6.45, 7) is 4.21. The minimum atomic E-state index is -0.515. The zero-order valence-electron chi connectivity index (χ0n) is 13.0. The second kappa shape index (κ2) is 7.20. The summed E-state index contributed by atoms with van der Waals surface area (Å²) in [5, 5.41) is 2.60. The Morgan fingerprint density at radius 1 is 1.14 bits per heavy atom. The summed E-state index contributed by atoms with van der Waals surface area (Å²) >= 11 is 0. The lowest BCUT2D eigenvalue weighted by Gasteiger charge is -2.33. The standard InChI is InChI=1S/C17H22N2O3/c1-12(18-13(2)20)17(22)19-10-8-15(9-11-19)16(21)14-6-4-3-5-7-14/h3-7,12,15H,8-11H2,1-2H3,(H,18,20). The number of nitrogens with zero attached hydrogens (tertiary/aromatic N) is 1. The van der Waals surface area contributed by atoms with Crippen LogP contribution in [0.3, 0.4) is 0 Å². The van der Waals surface area contributed by atoms with Crippen LogP contribution in [0.25, 0.3) is 0 Å². The molecule has 118 valence electrons. The molecular formula is C17H22N2O3. The van der Waals surface area contributed by atoms with Crippen molar-refractivity contribution in [2.24, 2.45) is 5.92 Å². The average Bonchev–Trinajstić information content (AvgIpc) is 2.54. The topological polar surface area (TPSA) is 66.5 Å².